The van der Waals surface area contributed by atoms with Crippen LogP contribution < -0.4 is 26.5 Å². The highest BCUT2D eigenvalue weighted by atomic mass is 16.2. The first-order chi connectivity index (χ1) is 20.5. The van der Waals surface area contributed by atoms with Crippen LogP contribution >= 0.6 is 0 Å². The fraction of sp³-hybridized carbons (Fsp3) is 0.361. The molecule has 5 aliphatic rings. The average Bonchev–Trinajstić information content (AvgIpc) is 3.00. The number of nitrogens with one attached hydrogen (secondary N) is 3. The molecule has 4 aromatic rings. The van der Waals surface area contributed by atoms with Crippen molar-refractivity contribution in [2.75, 3.05) is 16.0 Å². The lowest BCUT2D eigenvalue weighted by Gasteiger charge is -2.45. The third-order valence-electron chi connectivity index (χ3n) is 10.5. The molecule has 6 nitrogen and oxygen atoms in total. The van der Waals surface area contributed by atoms with Crippen molar-refractivity contribution in [2.24, 2.45) is 4.99 Å². The van der Waals surface area contributed by atoms with Gasteiger partial charge in [0, 0.05) is 27.4 Å². The van der Waals surface area contributed by atoms with Gasteiger partial charge in [-0.1, -0.05) is 61.4 Å². The van der Waals surface area contributed by atoms with E-state index in [0.29, 0.717) is 10.8 Å². The van der Waals surface area contributed by atoms with Gasteiger partial charge >= 0.3 is 0 Å². The summed E-state index contributed by atoms with van der Waals surface area (Å²) in [7, 11) is 0. The number of nitrogens with zero attached hydrogens (tertiary/aromatic N) is 1. The van der Waals surface area contributed by atoms with Gasteiger partial charge in [-0.25, -0.2) is 0 Å². The lowest BCUT2D eigenvalue weighted by Crippen LogP contribution is -2.51. The molecule has 2 aliphatic heterocycles. The Kier molecular flexibility index (Phi) is 5.04. The Morgan fingerprint density at radius 1 is 0.643 bits per heavy atom. The smallest absolute Gasteiger partial charge is 0.182 e. The summed E-state index contributed by atoms with van der Waals surface area (Å²) in [5.41, 5.74) is 3.60. The zero-order chi connectivity index (χ0) is 28.1. The predicted octanol–water partition coefficient (Wildman–Crippen LogP) is 6.28. The van der Waals surface area contributed by atoms with Crippen LogP contribution in [-0.2, 0) is 9.59 Å². The van der Waals surface area contributed by atoms with Crippen molar-refractivity contribution in [1.29, 1.82) is 0 Å². The van der Waals surface area contributed by atoms with Crippen LogP contribution in [0.5, 0.6) is 0 Å². The summed E-state index contributed by atoms with van der Waals surface area (Å²) in [6, 6.07) is 20.6. The van der Waals surface area contributed by atoms with Crippen molar-refractivity contribution >= 4 is 55.7 Å². The molecule has 4 aromatic carbocycles. The minimum atomic E-state index is -0.790. The zero-order valence-electron chi connectivity index (χ0n) is 23.7. The summed E-state index contributed by atoms with van der Waals surface area (Å²) in [6.45, 7) is 0. The SMILES string of the molecule is O=C1C(=c2ccc3cccc4c3c2=NC2(CCCCC2)N4)C(=O)C1c1ccc2cccc3c2c1NC1(CCCCC1)N3. The molecule has 0 bridgehead atoms. The van der Waals surface area contributed by atoms with Gasteiger partial charge in [0.1, 0.15) is 17.2 Å². The molecule has 3 N–H and O–H groups in total. The number of hydrogen-bond donors (Lipinski definition) is 3. The minimum absolute atomic E-state index is 0.0920. The number of hydrogen-bond acceptors (Lipinski definition) is 6. The topological polar surface area (TPSA) is 82.6 Å². The zero-order valence-corrected chi connectivity index (χ0v) is 23.7. The Morgan fingerprint density at radius 3 is 2.02 bits per heavy atom. The van der Waals surface area contributed by atoms with Crippen molar-refractivity contribution in [2.45, 2.75) is 81.5 Å². The first-order valence-corrected chi connectivity index (χ1v) is 15.7. The molecular formula is C36H34N4O2. The minimum Gasteiger partial charge on any atom is -0.362 e. The number of benzene rings is 4. The van der Waals surface area contributed by atoms with Crippen LogP contribution in [0.3, 0.4) is 0 Å². The first-order valence-electron chi connectivity index (χ1n) is 15.7. The van der Waals surface area contributed by atoms with Gasteiger partial charge in [0.15, 0.2) is 11.6 Å². The third kappa shape index (κ3) is 3.35. The summed E-state index contributed by atoms with van der Waals surface area (Å²) in [5.74, 6) is -0.974. The van der Waals surface area contributed by atoms with Crippen molar-refractivity contribution < 1.29 is 9.59 Å². The largest absolute Gasteiger partial charge is 0.362 e. The van der Waals surface area contributed by atoms with Crippen LogP contribution in [0.2, 0.25) is 0 Å². The second-order valence-corrected chi connectivity index (χ2v) is 13.1. The van der Waals surface area contributed by atoms with Crippen LogP contribution in [-0.4, -0.2) is 22.9 Å². The van der Waals surface area contributed by atoms with Crippen LogP contribution in [0.4, 0.5) is 17.1 Å². The van der Waals surface area contributed by atoms with E-state index in [2.05, 4.69) is 58.4 Å². The summed E-state index contributed by atoms with van der Waals surface area (Å²) in [5, 5.41) is 17.2. The number of ketones is 2. The quantitative estimate of drug-likeness (QED) is 0.241. The molecule has 3 fully saturated rings. The third-order valence-corrected chi connectivity index (χ3v) is 10.5. The maximum absolute atomic E-state index is 14.2. The number of Topliss-reactive ketones (excluding diaryl/α,β-unsaturated/α-hetero) is 2. The highest BCUT2D eigenvalue weighted by molar-refractivity contribution is 6.59. The lowest BCUT2D eigenvalue weighted by molar-refractivity contribution is -0.129. The monoisotopic (exact) mass is 554 g/mol. The number of rotatable bonds is 1. The lowest BCUT2D eigenvalue weighted by atomic mass is 9.70. The van der Waals surface area contributed by atoms with E-state index in [0.717, 1.165) is 101 Å². The Morgan fingerprint density at radius 2 is 1.29 bits per heavy atom. The maximum Gasteiger partial charge on any atom is 0.182 e. The van der Waals surface area contributed by atoms with E-state index in [1.165, 1.54) is 12.8 Å². The predicted molar refractivity (Wildman–Crippen MR) is 167 cm³/mol. The van der Waals surface area contributed by atoms with Gasteiger partial charge in [0.25, 0.3) is 0 Å². The van der Waals surface area contributed by atoms with Crippen molar-refractivity contribution in [3.63, 3.8) is 0 Å². The van der Waals surface area contributed by atoms with Crippen molar-refractivity contribution in [3.05, 3.63) is 76.8 Å². The molecule has 0 aromatic heterocycles. The highest BCUT2D eigenvalue weighted by Gasteiger charge is 2.48. The molecule has 0 unspecified atom stereocenters. The van der Waals surface area contributed by atoms with Gasteiger partial charge in [-0.15, -0.1) is 0 Å². The van der Waals surface area contributed by atoms with Crippen LogP contribution in [0.15, 0.2) is 65.7 Å². The molecule has 2 spiro atoms. The summed E-state index contributed by atoms with van der Waals surface area (Å²) in [4.78, 5) is 33.6. The van der Waals surface area contributed by atoms with E-state index in [1.54, 1.807) is 0 Å². The standard InChI is InChI=1S/C36H34N4O2/c41-33-29(23-15-13-21-9-7-11-25-27(21)31(23)39-35(37-25)17-3-1-4-18-35)34(42)30(33)24-16-14-22-10-8-12-26-28(22)32(24)40-36(38-26)19-5-2-6-20-36/h7-16,29,37-39H,1-6,17-20H2. The Labute approximate surface area is 244 Å². The van der Waals surface area contributed by atoms with Gasteiger partial charge in [-0.05, 0) is 79.8 Å². The van der Waals surface area contributed by atoms with Gasteiger partial charge < -0.3 is 16.0 Å². The van der Waals surface area contributed by atoms with Crippen molar-refractivity contribution in [3.8, 4) is 0 Å². The van der Waals surface area contributed by atoms with Gasteiger partial charge in [-0.2, -0.15) is 0 Å². The molecule has 3 aliphatic carbocycles. The second-order valence-electron chi connectivity index (χ2n) is 13.1. The van der Waals surface area contributed by atoms with Gasteiger partial charge in [0.05, 0.1) is 16.6 Å². The van der Waals surface area contributed by atoms with Gasteiger partial charge in [0.2, 0.25) is 0 Å². The molecule has 0 amide bonds. The molecule has 2 heterocycles. The van der Waals surface area contributed by atoms with E-state index in [1.807, 2.05) is 18.2 Å². The molecule has 0 atom stereocenters. The summed E-state index contributed by atoms with van der Waals surface area (Å²) in [6.07, 6.45) is 10.9. The Bertz CT molecular complexity index is 1960. The molecular weight excluding hydrogens is 520 g/mol. The number of carbonyl (C=O) groups is 2. The molecule has 6 heteroatoms. The average molecular weight is 555 g/mol. The molecule has 0 radical (unpaired) electrons. The first kappa shape index (κ1) is 24.4. The molecule has 3 saturated carbocycles. The van der Waals surface area contributed by atoms with Crippen LogP contribution in [0.1, 0.15) is 75.7 Å². The molecule has 42 heavy (non-hydrogen) atoms. The summed E-state index contributed by atoms with van der Waals surface area (Å²) >= 11 is 0. The molecule has 9 rings (SSSR count). The number of anilines is 3. The Hall–Kier alpha value is -4.19. The highest BCUT2D eigenvalue weighted by Crippen LogP contribution is 2.48. The fourth-order valence-electron chi connectivity index (χ4n) is 8.46. The number of carbonyl (C=O) groups excluding carboxylic acids is 2. The maximum atomic E-state index is 14.2. The van der Waals surface area contributed by atoms with Gasteiger partial charge in [-0.3, -0.25) is 14.6 Å². The van der Waals surface area contributed by atoms with E-state index < -0.39 is 5.92 Å². The van der Waals surface area contributed by atoms with E-state index >= 15 is 0 Å². The van der Waals surface area contributed by atoms with Crippen LogP contribution in [0, 0.1) is 0 Å². The second kappa shape index (κ2) is 8.66. The summed E-state index contributed by atoms with van der Waals surface area (Å²) < 4.78 is 0. The fourth-order valence-corrected chi connectivity index (χ4v) is 8.46. The van der Waals surface area contributed by atoms with E-state index in [9.17, 15) is 9.59 Å². The molecule has 0 saturated heterocycles. The normalized spacial score (nSPS) is 23.2. The van der Waals surface area contributed by atoms with E-state index in [4.69, 9.17) is 4.99 Å². The van der Waals surface area contributed by atoms with Crippen LogP contribution in [0.25, 0.3) is 27.1 Å². The Balaban J connectivity index is 1.21. The van der Waals surface area contributed by atoms with Crippen molar-refractivity contribution in [1.82, 2.24) is 0 Å². The molecule has 210 valence electrons. The van der Waals surface area contributed by atoms with E-state index in [-0.39, 0.29) is 22.9 Å².